The van der Waals surface area contributed by atoms with Crippen molar-refractivity contribution in [2.45, 2.75) is 13.3 Å². The zero-order valence-electron chi connectivity index (χ0n) is 9.94. The molecule has 0 spiro atoms. The van der Waals surface area contributed by atoms with Crippen molar-refractivity contribution in [1.29, 1.82) is 0 Å². The summed E-state index contributed by atoms with van der Waals surface area (Å²) < 4.78 is 13.0. The zero-order chi connectivity index (χ0) is 13.5. The molecule has 1 aromatic carbocycles. The van der Waals surface area contributed by atoms with Gasteiger partial charge >= 0.3 is 5.97 Å². The Balaban J connectivity index is 2.70. The number of carbonyl (C=O) groups excluding carboxylic acids is 1. The number of halogens is 1. The molecule has 0 radical (unpaired) electrons. The number of amides is 1. The second-order valence-corrected chi connectivity index (χ2v) is 3.71. The fourth-order valence-corrected chi connectivity index (χ4v) is 1.41. The van der Waals surface area contributed by atoms with Crippen molar-refractivity contribution in [3.63, 3.8) is 0 Å². The smallest absolute Gasteiger partial charge is 0.336 e. The average molecular weight is 251 g/mol. The number of carbonyl (C=O) groups is 2. The third-order valence-electron chi connectivity index (χ3n) is 2.23. The Labute approximate surface area is 104 Å². The first-order chi connectivity index (χ1) is 8.50. The highest BCUT2D eigenvalue weighted by atomic mass is 19.1. The van der Waals surface area contributed by atoms with Crippen LogP contribution in [0, 0.1) is 5.82 Å². The summed E-state index contributed by atoms with van der Waals surface area (Å²) in [7, 11) is 0. The Bertz CT molecular complexity index is 483. The summed E-state index contributed by atoms with van der Waals surface area (Å²) in [6.07, 6.45) is 3.78. The molecule has 0 atom stereocenters. The van der Waals surface area contributed by atoms with E-state index in [2.05, 4.69) is 5.32 Å². The molecule has 0 aromatic heterocycles. The topological polar surface area (TPSA) is 66.4 Å². The van der Waals surface area contributed by atoms with E-state index in [-0.39, 0.29) is 11.5 Å². The van der Waals surface area contributed by atoms with E-state index in [0.29, 0.717) is 18.5 Å². The monoisotopic (exact) mass is 251 g/mol. The van der Waals surface area contributed by atoms with Gasteiger partial charge in [0.25, 0.3) is 0 Å². The van der Waals surface area contributed by atoms with Gasteiger partial charge in [0.1, 0.15) is 5.82 Å². The van der Waals surface area contributed by atoms with Crippen molar-refractivity contribution in [3.8, 4) is 0 Å². The Morgan fingerprint density at radius 1 is 1.44 bits per heavy atom. The maximum absolute atomic E-state index is 13.0. The lowest BCUT2D eigenvalue weighted by atomic mass is 10.1. The quantitative estimate of drug-likeness (QED) is 0.787. The number of aromatic carboxylic acids is 1. The average Bonchev–Trinajstić information content (AvgIpc) is 2.27. The number of hydrogen-bond acceptors (Lipinski definition) is 2. The molecule has 0 saturated heterocycles. The molecule has 0 aliphatic carbocycles. The van der Waals surface area contributed by atoms with Crippen molar-refractivity contribution in [1.82, 2.24) is 5.32 Å². The first-order valence-corrected chi connectivity index (χ1v) is 5.44. The van der Waals surface area contributed by atoms with Crippen molar-refractivity contribution >= 4 is 18.0 Å². The minimum Gasteiger partial charge on any atom is -0.478 e. The summed E-state index contributed by atoms with van der Waals surface area (Å²) in [5.41, 5.74) is 0.359. The molecule has 2 N–H and O–H groups in total. The fraction of sp³-hybridized carbons (Fsp3) is 0.231. The van der Waals surface area contributed by atoms with Gasteiger partial charge in [-0.25, -0.2) is 9.18 Å². The van der Waals surface area contributed by atoms with Gasteiger partial charge in [0.15, 0.2) is 0 Å². The molecule has 5 heteroatoms. The number of rotatable bonds is 5. The van der Waals surface area contributed by atoms with Crippen LogP contribution in [0.5, 0.6) is 0 Å². The van der Waals surface area contributed by atoms with Crippen molar-refractivity contribution < 1.29 is 19.1 Å². The van der Waals surface area contributed by atoms with Gasteiger partial charge in [-0.05, 0) is 30.2 Å². The Morgan fingerprint density at radius 3 is 2.78 bits per heavy atom. The number of carboxylic acids is 1. The molecule has 0 heterocycles. The Kier molecular flexibility index (Phi) is 5.05. The molecule has 96 valence electrons. The van der Waals surface area contributed by atoms with Crippen LogP contribution >= 0.6 is 0 Å². The van der Waals surface area contributed by atoms with E-state index in [1.165, 1.54) is 25.1 Å². The van der Waals surface area contributed by atoms with Gasteiger partial charge in [-0.1, -0.05) is 12.2 Å². The van der Waals surface area contributed by atoms with Crippen LogP contribution in [0.25, 0.3) is 6.08 Å². The van der Waals surface area contributed by atoms with Gasteiger partial charge in [-0.15, -0.1) is 0 Å². The molecule has 0 aliphatic rings. The van der Waals surface area contributed by atoms with Crippen LogP contribution in [0.3, 0.4) is 0 Å². The largest absolute Gasteiger partial charge is 0.478 e. The van der Waals surface area contributed by atoms with Crippen LogP contribution in [-0.2, 0) is 4.79 Å². The van der Waals surface area contributed by atoms with Crippen LogP contribution in [0.1, 0.15) is 29.3 Å². The van der Waals surface area contributed by atoms with Crippen LogP contribution in [0.15, 0.2) is 24.3 Å². The predicted octanol–water partition coefficient (Wildman–Crippen LogP) is 2.06. The summed E-state index contributed by atoms with van der Waals surface area (Å²) >= 11 is 0. The minimum atomic E-state index is -1.10. The molecule has 0 unspecified atom stereocenters. The minimum absolute atomic E-state index is 0.0483. The van der Waals surface area contributed by atoms with Gasteiger partial charge in [-0.3, -0.25) is 4.79 Å². The molecule has 0 fully saturated rings. The standard InChI is InChI=1S/C13H14FNO3/c1-9(16)15-7-3-2-4-10-8-11(14)5-6-12(10)13(17)18/h2,4-6,8H,3,7H2,1H3,(H,15,16)(H,17,18). The van der Waals surface area contributed by atoms with Gasteiger partial charge in [0.2, 0.25) is 5.91 Å². The van der Waals surface area contributed by atoms with Crippen LogP contribution in [0.4, 0.5) is 4.39 Å². The molecule has 18 heavy (non-hydrogen) atoms. The van der Waals surface area contributed by atoms with E-state index in [1.807, 2.05) is 0 Å². The van der Waals surface area contributed by atoms with Crippen LogP contribution in [-0.4, -0.2) is 23.5 Å². The number of nitrogens with one attached hydrogen (secondary N) is 1. The van der Waals surface area contributed by atoms with Gasteiger partial charge in [0.05, 0.1) is 5.56 Å². The summed E-state index contributed by atoms with van der Waals surface area (Å²) in [4.78, 5) is 21.5. The van der Waals surface area contributed by atoms with E-state index >= 15 is 0 Å². The number of hydrogen-bond donors (Lipinski definition) is 2. The van der Waals surface area contributed by atoms with Gasteiger partial charge in [0, 0.05) is 13.5 Å². The van der Waals surface area contributed by atoms with Crippen molar-refractivity contribution in [2.75, 3.05) is 6.54 Å². The highest BCUT2D eigenvalue weighted by molar-refractivity contribution is 5.92. The second-order valence-electron chi connectivity index (χ2n) is 3.71. The second kappa shape index (κ2) is 6.54. The van der Waals surface area contributed by atoms with E-state index in [1.54, 1.807) is 6.08 Å². The van der Waals surface area contributed by atoms with Crippen LogP contribution in [0.2, 0.25) is 0 Å². The molecule has 1 rings (SSSR count). The predicted molar refractivity (Wildman–Crippen MR) is 65.7 cm³/mol. The van der Waals surface area contributed by atoms with E-state index in [9.17, 15) is 14.0 Å². The molecule has 0 saturated carbocycles. The van der Waals surface area contributed by atoms with E-state index in [4.69, 9.17) is 5.11 Å². The zero-order valence-corrected chi connectivity index (χ0v) is 9.94. The van der Waals surface area contributed by atoms with Crippen LogP contribution < -0.4 is 5.32 Å². The third kappa shape index (κ3) is 4.37. The first kappa shape index (κ1) is 13.9. The lowest BCUT2D eigenvalue weighted by Gasteiger charge is -2.01. The summed E-state index contributed by atoms with van der Waals surface area (Å²) in [6, 6.07) is 3.50. The SMILES string of the molecule is CC(=O)NCCC=Cc1cc(F)ccc1C(=O)O. The first-order valence-electron chi connectivity index (χ1n) is 5.44. The molecular weight excluding hydrogens is 237 g/mol. The normalized spacial score (nSPS) is 10.6. The number of carboxylic acid groups (broad SMARTS) is 1. The molecule has 0 aliphatic heterocycles. The van der Waals surface area contributed by atoms with E-state index in [0.717, 1.165) is 6.07 Å². The third-order valence-corrected chi connectivity index (χ3v) is 2.23. The summed E-state index contributed by atoms with van der Waals surface area (Å²) in [5, 5.41) is 11.5. The maximum atomic E-state index is 13.0. The molecule has 1 amide bonds. The lowest BCUT2D eigenvalue weighted by Crippen LogP contribution is -2.20. The number of benzene rings is 1. The Morgan fingerprint density at radius 2 is 2.17 bits per heavy atom. The molecule has 1 aromatic rings. The van der Waals surface area contributed by atoms with E-state index < -0.39 is 11.8 Å². The van der Waals surface area contributed by atoms with Crippen molar-refractivity contribution in [3.05, 3.63) is 41.2 Å². The summed E-state index contributed by atoms with van der Waals surface area (Å²) in [6.45, 7) is 1.88. The lowest BCUT2D eigenvalue weighted by molar-refractivity contribution is -0.118. The van der Waals surface area contributed by atoms with Gasteiger partial charge < -0.3 is 10.4 Å². The maximum Gasteiger partial charge on any atom is 0.336 e. The van der Waals surface area contributed by atoms with Gasteiger partial charge in [-0.2, -0.15) is 0 Å². The highest BCUT2D eigenvalue weighted by Crippen LogP contribution is 2.13. The Hall–Kier alpha value is -2.17. The molecule has 0 bridgehead atoms. The highest BCUT2D eigenvalue weighted by Gasteiger charge is 2.08. The molecular formula is C13H14FNO3. The fourth-order valence-electron chi connectivity index (χ4n) is 1.41. The van der Waals surface area contributed by atoms with Crippen molar-refractivity contribution in [2.24, 2.45) is 0 Å². The summed E-state index contributed by atoms with van der Waals surface area (Å²) in [5.74, 6) is -1.71. The molecule has 4 nitrogen and oxygen atoms in total.